The number of methoxy groups -OCH3 is 1. The molecule has 0 heterocycles. The molecule has 1 atom stereocenters. The minimum Gasteiger partial charge on any atom is -0.496 e. The van der Waals surface area contributed by atoms with E-state index < -0.39 is 5.54 Å². The molecule has 1 aromatic rings. The maximum Gasteiger partial charge on any atom is 0.122 e. The van der Waals surface area contributed by atoms with Gasteiger partial charge < -0.3 is 4.74 Å². The molecule has 1 rings (SSSR count). The van der Waals surface area contributed by atoms with E-state index >= 15 is 0 Å². The van der Waals surface area contributed by atoms with E-state index in [0.29, 0.717) is 25.9 Å². The number of hydrogen-bond acceptors (Lipinski definition) is 4. The number of para-hydroxylation sites is 1. The summed E-state index contributed by atoms with van der Waals surface area (Å²) in [4.78, 5) is 2.70. The SMILES string of the molecule is COc1ccccc1CC(C)(C#N)NCCCN=[N+]=[N-]. The zero-order chi connectivity index (χ0) is 14.8. The van der Waals surface area contributed by atoms with Gasteiger partial charge >= 0.3 is 0 Å². The van der Waals surface area contributed by atoms with Gasteiger partial charge in [0.25, 0.3) is 0 Å². The minimum atomic E-state index is -0.676. The largest absolute Gasteiger partial charge is 0.496 e. The molecule has 0 saturated carbocycles. The highest BCUT2D eigenvalue weighted by Gasteiger charge is 2.24. The predicted octanol–water partition coefficient (Wildman–Crippen LogP) is 2.81. The number of hydrogen-bond donors (Lipinski definition) is 1. The first-order chi connectivity index (χ1) is 9.65. The van der Waals surface area contributed by atoms with Gasteiger partial charge in [0.05, 0.1) is 13.2 Å². The van der Waals surface area contributed by atoms with Gasteiger partial charge in [0, 0.05) is 17.9 Å². The third-order valence-corrected chi connectivity index (χ3v) is 3.00. The number of benzene rings is 1. The second-order valence-electron chi connectivity index (χ2n) is 4.67. The highest BCUT2D eigenvalue weighted by atomic mass is 16.5. The molecule has 6 nitrogen and oxygen atoms in total. The van der Waals surface area contributed by atoms with E-state index in [2.05, 4.69) is 21.4 Å². The Bertz CT molecular complexity index is 519. The molecule has 0 spiro atoms. The Hall–Kier alpha value is -2.22. The van der Waals surface area contributed by atoms with Gasteiger partial charge in [-0.1, -0.05) is 23.3 Å². The van der Waals surface area contributed by atoms with E-state index in [1.807, 2.05) is 31.2 Å². The third kappa shape index (κ3) is 4.81. The summed E-state index contributed by atoms with van der Waals surface area (Å²) in [5.41, 5.74) is 8.51. The smallest absolute Gasteiger partial charge is 0.122 e. The van der Waals surface area contributed by atoms with Crippen LogP contribution >= 0.6 is 0 Å². The highest BCUT2D eigenvalue weighted by molar-refractivity contribution is 5.35. The molecule has 106 valence electrons. The van der Waals surface area contributed by atoms with Crippen LogP contribution in [0.15, 0.2) is 29.4 Å². The summed E-state index contributed by atoms with van der Waals surface area (Å²) in [5.74, 6) is 0.782. The van der Waals surface area contributed by atoms with Crippen molar-refractivity contribution in [2.45, 2.75) is 25.3 Å². The zero-order valence-electron chi connectivity index (χ0n) is 11.8. The Labute approximate surface area is 119 Å². The Morgan fingerprint density at radius 1 is 1.50 bits per heavy atom. The van der Waals surface area contributed by atoms with Gasteiger partial charge in [0.1, 0.15) is 11.3 Å². The fourth-order valence-corrected chi connectivity index (χ4v) is 1.93. The summed E-state index contributed by atoms with van der Waals surface area (Å²) in [7, 11) is 1.62. The lowest BCUT2D eigenvalue weighted by Crippen LogP contribution is -2.43. The topological polar surface area (TPSA) is 93.8 Å². The van der Waals surface area contributed by atoms with E-state index in [9.17, 15) is 5.26 Å². The van der Waals surface area contributed by atoms with Crippen LogP contribution in [0.1, 0.15) is 18.9 Å². The van der Waals surface area contributed by atoms with Gasteiger partial charge in [-0.05, 0) is 37.1 Å². The van der Waals surface area contributed by atoms with E-state index in [-0.39, 0.29) is 0 Å². The van der Waals surface area contributed by atoms with Gasteiger partial charge in [0.15, 0.2) is 0 Å². The van der Waals surface area contributed by atoms with Gasteiger partial charge in [0.2, 0.25) is 0 Å². The van der Waals surface area contributed by atoms with E-state index in [1.54, 1.807) is 7.11 Å². The molecule has 1 aromatic carbocycles. The van der Waals surface area contributed by atoms with Crippen molar-refractivity contribution in [1.82, 2.24) is 5.32 Å². The fraction of sp³-hybridized carbons (Fsp3) is 0.500. The summed E-state index contributed by atoms with van der Waals surface area (Å²) in [6, 6.07) is 9.97. The molecule has 20 heavy (non-hydrogen) atoms. The van der Waals surface area contributed by atoms with Crippen LogP contribution in [0, 0.1) is 11.3 Å². The third-order valence-electron chi connectivity index (χ3n) is 3.00. The monoisotopic (exact) mass is 273 g/mol. The van der Waals surface area contributed by atoms with Gasteiger partial charge in [-0.25, -0.2) is 0 Å². The lowest BCUT2D eigenvalue weighted by Gasteiger charge is -2.24. The molecule has 1 N–H and O–H groups in total. The van der Waals surface area contributed by atoms with Crippen molar-refractivity contribution in [3.63, 3.8) is 0 Å². The normalized spacial score (nSPS) is 12.8. The molecule has 0 aromatic heterocycles. The Morgan fingerprint density at radius 2 is 2.25 bits per heavy atom. The number of ether oxygens (including phenoxy) is 1. The van der Waals surface area contributed by atoms with Crippen molar-refractivity contribution in [3.8, 4) is 11.8 Å². The molecular weight excluding hydrogens is 254 g/mol. The molecule has 0 saturated heterocycles. The summed E-state index contributed by atoms with van der Waals surface area (Å²) < 4.78 is 5.30. The van der Waals surface area contributed by atoms with Crippen LogP contribution in [0.25, 0.3) is 10.4 Å². The van der Waals surface area contributed by atoms with Gasteiger partial charge in [-0.15, -0.1) is 0 Å². The molecule has 0 aliphatic heterocycles. The molecule has 0 amide bonds. The summed E-state index contributed by atoms with van der Waals surface area (Å²) in [6.07, 6.45) is 1.25. The predicted molar refractivity (Wildman–Crippen MR) is 77.3 cm³/mol. The molecule has 0 aliphatic carbocycles. The Morgan fingerprint density at radius 3 is 2.90 bits per heavy atom. The first-order valence-electron chi connectivity index (χ1n) is 6.44. The van der Waals surface area contributed by atoms with Crippen LogP contribution in [0.5, 0.6) is 5.75 Å². The van der Waals surface area contributed by atoms with Crippen molar-refractivity contribution in [2.24, 2.45) is 5.11 Å². The first-order valence-corrected chi connectivity index (χ1v) is 6.44. The number of azide groups is 1. The second kappa shape index (κ2) is 8.05. The number of rotatable bonds is 8. The molecule has 0 bridgehead atoms. The zero-order valence-corrected chi connectivity index (χ0v) is 11.8. The lowest BCUT2D eigenvalue weighted by atomic mass is 9.93. The summed E-state index contributed by atoms with van der Waals surface area (Å²) >= 11 is 0. The number of nitrogens with zero attached hydrogens (tertiary/aromatic N) is 4. The van der Waals surface area contributed by atoms with Gasteiger partial charge in [-0.3, -0.25) is 5.32 Å². The van der Waals surface area contributed by atoms with Crippen LogP contribution in [-0.2, 0) is 6.42 Å². The maximum absolute atomic E-state index is 9.38. The molecule has 6 heteroatoms. The maximum atomic E-state index is 9.38. The molecule has 1 unspecified atom stereocenters. The van der Waals surface area contributed by atoms with Crippen molar-refractivity contribution in [1.29, 1.82) is 5.26 Å². The second-order valence-corrected chi connectivity index (χ2v) is 4.67. The summed E-state index contributed by atoms with van der Waals surface area (Å²) in [5, 5.41) is 16.0. The highest BCUT2D eigenvalue weighted by Crippen LogP contribution is 2.22. The van der Waals surface area contributed by atoms with Crippen molar-refractivity contribution < 1.29 is 4.74 Å². The number of nitriles is 1. The molecule has 0 fully saturated rings. The summed E-state index contributed by atoms with van der Waals surface area (Å²) in [6.45, 7) is 2.91. The molecule has 0 radical (unpaired) electrons. The van der Waals surface area contributed by atoms with Gasteiger partial charge in [-0.2, -0.15) is 5.26 Å². The van der Waals surface area contributed by atoms with Crippen LogP contribution in [0.2, 0.25) is 0 Å². The van der Waals surface area contributed by atoms with Crippen molar-refractivity contribution in [2.75, 3.05) is 20.2 Å². The van der Waals surface area contributed by atoms with Crippen molar-refractivity contribution >= 4 is 0 Å². The van der Waals surface area contributed by atoms with E-state index in [4.69, 9.17) is 10.3 Å². The molecular formula is C14H19N5O. The van der Waals surface area contributed by atoms with E-state index in [1.165, 1.54) is 0 Å². The minimum absolute atomic E-state index is 0.430. The average molecular weight is 273 g/mol. The standard InChI is InChI=1S/C14H19N5O/c1-14(11-15,17-8-5-9-18-19-16)10-12-6-3-4-7-13(12)20-2/h3-4,6-7,17H,5,8-10H2,1-2H3. The fourth-order valence-electron chi connectivity index (χ4n) is 1.93. The Kier molecular flexibility index (Phi) is 6.38. The van der Waals surface area contributed by atoms with Crippen molar-refractivity contribution in [3.05, 3.63) is 40.3 Å². The number of nitrogens with one attached hydrogen (secondary N) is 1. The van der Waals surface area contributed by atoms with Crippen LogP contribution < -0.4 is 10.1 Å². The Balaban J connectivity index is 2.64. The first kappa shape index (κ1) is 15.8. The lowest BCUT2D eigenvalue weighted by molar-refractivity contribution is 0.395. The quantitative estimate of drug-likeness (QED) is 0.341. The van der Waals surface area contributed by atoms with Crippen LogP contribution in [0.4, 0.5) is 0 Å². The molecule has 0 aliphatic rings. The van der Waals surface area contributed by atoms with E-state index in [0.717, 1.165) is 11.3 Å². The average Bonchev–Trinajstić information content (AvgIpc) is 2.47. The van der Waals surface area contributed by atoms with Crippen LogP contribution in [-0.4, -0.2) is 25.7 Å². The van der Waals surface area contributed by atoms with Crippen LogP contribution in [0.3, 0.4) is 0 Å².